The van der Waals surface area contributed by atoms with Crippen LogP contribution in [0.15, 0.2) is 11.7 Å². The molecule has 0 aliphatic rings. The van der Waals surface area contributed by atoms with Crippen LogP contribution in [0, 0.1) is 6.92 Å². The van der Waals surface area contributed by atoms with E-state index in [1.165, 1.54) is 5.69 Å². The average molecular weight is 295 g/mol. The number of nitrogens with zero attached hydrogens (tertiary/aromatic N) is 5. The third kappa shape index (κ3) is 4.36. The van der Waals surface area contributed by atoms with Crippen molar-refractivity contribution in [3.8, 4) is 0 Å². The van der Waals surface area contributed by atoms with Crippen LogP contribution in [0.2, 0.25) is 0 Å². The Balaban J connectivity index is 1.81. The minimum atomic E-state index is 0.673. The van der Waals surface area contributed by atoms with Gasteiger partial charge in [-0.15, -0.1) is 21.5 Å². The fourth-order valence-electron chi connectivity index (χ4n) is 1.93. The molecule has 0 fully saturated rings. The van der Waals surface area contributed by atoms with E-state index in [0.717, 1.165) is 36.9 Å². The summed E-state index contributed by atoms with van der Waals surface area (Å²) in [5, 5.41) is 11.4. The monoisotopic (exact) mass is 295 g/mol. The summed E-state index contributed by atoms with van der Waals surface area (Å²) in [7, 11) is 3.79. The number of thiazole rings is 1. The molecule has 0 bridgehead atoms. The number of aryl methyl sites for hydroxylation is 1. The normalized spacial score (nSPS) is 11.4. The molecule has 110 valence electrons. The molecule has 0 aliphatic carbocycles. The lowest BCUT2D eigenvalue weighted by molar-refractivity contribution is 0.184. The first-order chi connectivity index (χ1) is 9.69. The molecule has 0 N–H and O–H groups in total. The zero-order valence-corrected chi connectivity index (χ0v) is 13.1. The number of hydrogen-bond donors (Lipinski definition) is 0. The van der Waals surface area contributed by atoms with Crippen molar-refractivity contribution in [2.45, 2.75) is 26.4 Å². The van der Waals surface area contributed by atoms with Crippen LogP contribution in [0.3, 0.4) is 0 Å². The van der Waals surface area contributed by atoms with Gasteiger partial charge >= 0.3 is 0 Å². The number of ether oxygens (including phenoxy) is 1. The highest BCUT2D eigenvalue weighted by Crippen LogP contribution is 2.09. The third-order valence-electron chi connectivity index (χ3n) is 3.06. The molecule has 0 saturated heterocycles. The first-order valence-corrected chi connectivity index (χ1v) is 7.52. The van der Waals surface area contributed by atoms with Crippen LogP contribution in [-0.2, 0) is 24.2 Å². The Morgan fingerprint density at radius 2 is 2.30 bits per heavy atom. The molecule has 2 rings (SSSR count). The molecule has 0 saturated carbocycles. The highest BCUT2D eigenvalue weighted by atomic mass is 32.1. The minimum Gasteiger partial charge on any atom is -0.383 e. The molecule has 2 aromatic rings. The van der Waals surface area contributed by atoms with Crippen molar-refractivity contribution in [2.24, 2.45) is 0 Å². The Kier molecular flexibility index (Phi) is 5.63. The molecular formula is C13H21N5OS. The van der Waals surface area contributed by atoms with E-state index in [1.807, 2.05) is 11.5 Å². The van der Waals surface area contributed by atoms with Gasteiger partial charge in [0.15, 0.2) is 0 Å². The SMILES string of the molecule is COCCn1cnnc1CN(C)CCc1csc(C)n1. The van der Waals surface area contributed by atoms with Crippen LogP contribution in [0.4, 0.5) is 0 Å². The van der Waals surface area contributed by atoms with Gasteiger partial charge in [-0.25, -0.2) is 4.98 Å². The topological polar surface area (TPSA) is 56.1 Å². The van der Waals surface area contributed by atoms with Crippen molar-refractivity contribution in [3.63, 3.8) is 0 Å². The second kappa shape index (κ2) is 7.47. The number of rotatable bonds is 8. The first kappa shape index (κ1) is 15.1. The Morgan fingerprint density at radius 1 is 1.45 bits per heavy atom. The van der Waals surface area contributed by atoms with Crippen molar-refractivity contribution < 1.29 is 4.74 Å². The van der Waals surface area contributed by atoms with E-state index in [9.17, 15) is 0 Å². The third-order valence-corrected chi connectivity index (χ3v) is 3.88. The second-order valence-electron chi connectivity index (χ2n) is 4.78. The Labute approximate surface area is 123 Å². The summed E-state index contributed by atoms with van der Waals surface area (Å²) in [6.07, 6.45) is 2.72. The van der Waals surface area contributed by atoms with Crippen LogP contribution in [0.1, 0.15) is 16.5 Å². The predicted octanol–water partition coefficient (Wildman–Crippen LogP) is 1.36. The lowest BCUT2D eigenvalue weighted by Crippen LogP contribution is -2.23. The molecule has 0 unspecified atom stereocenters. The van der Waals surface area contributed by atoms with Crippen molar-refractivity contribution in [3.05, 3.63) is 28.2 Å². The maximum Gasteiger partial charge on any atom is 0.147 e. The zero-order chi connectivity index (χ0) is 14.4. The zero-order valence-electron chi connectivity index (χ0n) is 12.2. The molecule has 0 atom stereocenters. The summed E-state index contributed by atoms with van der Waals surface area (Å²) in [5.41, 5.74) is 1.17. The van der Waals surface area contributed by atoms with Gasteiger partial charge in [0.2, 0.25) is 0 Å². The maximum absolute atomic E-state index is 5.09. The quantitative estimate of drug-likeness (QED) is 0.736. The van der Waals surface area contributed by atoms with Crippen LogP contribution in [0.5, 0.6) is 0 Å². The molecule has 0 aliphatic heterocycles. The molecule has 6 nitrogen and oxygen atoms in total. The smallest absolute Gasteiger partial charge is 0.147 e. The summed E-state index contributed by atoms with van der Waals surface area (Å²) in [4.78, 5) is 6.72. The van der Waals surface area contributed by atoms with Crippen LogP contribution >= 0.6 is 11.3 Å². The van der Waals surface area contributed by atoms with Gasteiger partial charge in [-0.2, -0.15) is 0 Å². The molecular weight excluding hydrogens is 274 g/mol. The summed E-state index contributed by atoms with van der Waals surface area (Å²) < 4.78 is 7.12. The van der Waals surface area contributed by atoms with Gasteiger partial charge in [0.25, 0.3) is 0 Å². The first-order valence-electron chi connectivity index (χ1n) is 6.64. The van der Waals surface area contributed by atoms with E-state index in [0.29, 0.717) is 6.61 Å². The standard InChI is InChI=1S/C13H21N5OS/c1-11-15-12(9-20-11)4-5-17(2)8-13-16-14-10-18(13)6-7-19-3/h9-10H,4-8H2,1-3H3. The molecule has 2 heterocycles. The predicted molar refractivity (Wildman–Crippen MR) is 78.8 cm³/mol. The average Bonchev–Trinajstić information content (AvgIpc) is 3.03. The molecule has 20 heavy (non-hydrogen) atoms. The van der Waals surface area contributed by atoms with E-state index >= 15 is 0 Å². The molecule has 7 heteroatoms. The van der Waals surface area contributed by atoms with E-state index in [2.05, 4.69) is 32.5 Å². The van der Waals surface area contributed by atoms with Crippen LogP contribution in [0.25, 0.3) is 0 Å². The molecule has 0 radical (unpaired) electrons. The van der Waals surface area contributed by atoms with Crippen molar-refractivity contribution in [1.82, 2.24) is 24.6 Å². The lowest BCUT2D eigenvalue weighted by Gasteiger charge is -2.16. The number of aromatic nitrogens is 4. The second-order valence-corrected chi connectivity index (χ2v) is 5.84. The summed E-state index contributed by atoms with van der Waals surface area (Å²) in [5.74, 6) is 0.971. The highest BCUT2D eigenvalue weighted by Gasteiger charge is 2.08. The highest BCUT2D eigenvalue weighted by molar-refractivity contribution is 7.09. The Morgan fingerprint density at radius 3 is 3.00 bits per heavy atom. The summed E-state index contributed by atoms with van der Waals surface area (Å²) in [6.45, 7) is 5.24. The fraction of sp³-hybridized carbons (Fsp3) is 0.615. The van der Waals surface area contributed by atoms with Crippen molar-refractivity contribution in [2.75, 3.05) is 27.3 Å². The van der Waals surface area contributed by atoms with Crippen LogP contribution in [-0.4, -0.2) is 52.0 Å². The van der Waals surface area contributed by atoms with Crippen molar-refractivity contribution in [1.29, 1.82) is 0 Å². The van der Waals surface area contributed by atoms with Gasteiger partial charge in [-0.1, -0.05) is 0 Å². The van der Waals surface area contributed by atoms with Gasteiger partial charge < -0.3 is 9.30 Å². The molecule has 0 amide bonds. The Hall–Kier alpha value is -1.31. The molecule has 2 aromatic heterocycles. The Bertz CT molecular complexity index is 524. The summed E-state index contributed by atoms with van der Waals surface area (Å²) in [6, 6.07) is 0. The minimum absolute atomic E-state index is 0.673. The van der Waals surface area contributed by atoms with Gasteiger partial charge in [0.05, 0.1) is 23.9 Å². The molecule has 0 aromatic carbocycles. The van der Waals surface area contributed by atoms with Crippen LogP contribution < -0.4 is 0 Å². The molecule has 0 spiro atoms. The summed E-state index contributed by atoms with van der Waals surface area (Å²) >= 11 is 1.70. The number of methoxy groups -OCH3 is 1. The fourth-order valence-corrected chi connectivity index (χ4v) is 2.57. The van der Waals surface area contributed by atoms with Gasteiger partial charge in [0.1, 0.15) is 12.2 Å². The van der Waals surface area contributed by atoms with Gasteiger partial charge in [-0.3, -0.25) is 4.90 Å². The van der Waals surface area contributed by atoms with Crippen molar-refractivity contribution >= 4 is 11.3 Å². The lowest BCUT2D eigenvalue weighted by atomic mass is 10.3. The largest absolute Gasteiger partial charge is 0.383 e. The van der Waals surface area contributed by atoms with E-state index in [4.69, 9.17) is 4.74 Å². The van der Waals surface area contributed by atoms with Gasteiger partial charge in [0, 0.05) is 32.0 Å². The van der Waals surface area contributed by atoms with Gasteiger partial charge in [-0.05, 0) is 14.0 Å². The number of likely N-dealkylation sites (N-methyl/N-ethyl adjacent to an activating group) is 1. The van der Waals surface area contributed by atoms with E-state index in [-0.39, 0.29) is 0 Å². The maximum atomic E-state index is 5.09. The van der Waals surface area contributed by atoms with E-state index in [1.54, 1.807) is 24.8 Å². The number of hydrogen-bond acceptors (Lipinski definition) is 6. The van der Waals surface area contributed by atoms with E-state index < -0.39 is 0 Å².